The maximum Gasteiger partial charge on any atom is 0.308 e. The van der Waals surface area contributed by atoms with Crippen LogP contribution in [0.25, 0.3) is 11.5 Å². The maximum atomic E-state index is 13.5. The lowest BCUT2D eigenvalue weighted by molar-refractivity contribution is -0.127. The third-order valence-corrected chi connectivity index (χ3v) is 8.44. The molecule has 0 radical (unpaired) electrons. The van der Waals surface area contributed by atoms with Crippen LogP contribution in [0.4, 0.5) is 0 Å². The van der Waals surface area contributed by atoms with Crippen molar-refractivity contribution in [3.63, 3.8) is 0 Å². The van der Waals surface area contributed by atoms with E-state index < -0.39 is 22.2 Å². The lowest BCUT2D eigenvalue weighted by Crippen LogP contribution is -2.36. The van der Waals surface area contributed by atoms with E-state index >= 15 is 0 Å². The van der Waals surface area contributed by atoms with Gasteiger partial charge in [0.2, 0.25) is 5.89 Å². The molecule has 1 saturated heterocycles. The fraction of sp³-hybridized carbons (Fsp3) is 0.160. The molecule has 3 aromatic carbocycles. The highest BCUT2D eigenvalue weighted by Crippen LogP contribution is 2.32. The minimum Gasteiger partial charge on any atom is -0.411 e. The number of nitrogens with zero attached hydrogens (tertiary/aromatic N) is 4. The van der Waals surface area contributed by atoms with Gasteiger partial charge in [0, 0.05) is 12.1 Å². The molecular weight excluding hydrogens is 484 g/mol. The zero-order chi connectivity index (χ0) is 24.3. The standard InChI is InChI=1S/C25H22N4O4S2/c30-24-22(16-19-10-4-1-5-11-19)28(17-20-12-6-2-7-13-20)35(31,32)29(24)18-34-25-27-26-23(33-25)21-14-8-3-9-15-21/h1-15,22H,16-18H2. The molecule has 8 nitrogen and oxygen atoms in total. The molecular formula is C25H22N4O4S2. The summed E-state index contributed by atoms with van der Waals surface area (Å²) in [6, 6.07) is 27.1. The van der Waals surface area contributed by atoms with Crippen molar-refractivity contribution in [1.82, 2.24) is 18.8 Å². The number of hydrogen-bond acceptors (Lipinski definition) is 7. The smallest absolute Gasteiger partial charge is 0.308 e. The Morgan fingerprint density at radius 1 is 0.829 bits per heavy atom. The summed E-state index contributed by atoms with van der Waals surface area (Å²) in [6.45, 7) is 0.103. The zero-order valence-electron chi connectivity index (χ0n) is 18.6. The minimum absolute atomic E-state index is 0.103. The zero-order valence-corrected chi connectivity index (χ0v) is 20.2. The highest BCUT2D eigenvalue weighted by Gasteiger charge is 2.50. The summed E-state index contributed by atoms with van der Waals surface area (Å²) in [7, 11) is -4.05. The van der Waals surface area contributed by atoms with E-state index in [4.69, 9.17) is 4.42 Å². The second-order valence-corrected chi connectivity index (χ2v) is 10.6. The Morgan fingerprint density at radius 3 is 2.09 bits per heavy atom. The van der Waals surface area contributed by atoms with Crippen molar-refractivity contribution in [3.8, 4) is 11.5 Å². The number of carbonyl (C=O) groups is 1. The van der Waals surface area contributed by atoms with Gasteiger partial charge in [0.1, 0.15) is 6.04 Å². The molecule has 35 heavy (non-hydrogen) atoms. The van der Waals surface area contributed by atoms with E-state index in [1.807, 2.05) is 91.0 Å². The summed E-state index contributed by atoms with van der Waals surface area (Å²) >= 11 is 1.01. The Hall–Kier alpha value is -3.47. The van der Waals surface area contributed by atoms with Gasteiger partial charge in [-0.05, 0) is 41.4 Å². The van der Waals surface area contributed by atoms with E-state index in [2.05, 4.69) is 10.2 Å². The van der Waals surface area contributed by atoms with Gasteiger partial charge in [-0.15, -0.1) is 10.2 Å². The fourth-order valence-electron chi connectivity index (χ4n) is 3.88. The third-order valence-electron chi connectivity index (χ3n) is 5.64. The van der Waals surface area contributed by atoms with Crippen LogP contribution >= 0.6 is 11.8 Å². The Morgan fingerprint density at radius 2 is 1.43 bits per heavy atom. The molecule has 2 heterocycles. The van der Waals surface area contributed by atoms with Gasteiger partial charge >= 0.3 is 10.2 Å². The predicted molar refractivity (Wildman–Crippen MR) is 132 cm³/mol. The van der Waals surface area contributed by atoms with Gasteiger partial charge in [-0.1, -0.05) is 78.9 Å². The van der Waals surface area contributed by atoms with Crippen molar-refractivity contribution in [2.75, 3.05) is 5.88 Å². The molecule has 178 valence electrons. The fourth-order valence-corrected chi connectivity index (χ4v) is 6.56. The number of thioether (sulfide) groups is 1. The Bertz CT molecular complexity index is 1400. The molecule has 4 aromatic rings. The van der Waals surface area contributed by atoms with E-state index in [0.29, 0.717) is 5.89 Å². The van der Waals surface area contributed by atoms with Crippen molar-refractivity contribution in [3.05, 3.63) is 102 Å². The monoisotopic (exact) mass is 506 g/mol. The average molecular weight is 507 g/mol. The van der Waals surface area contributed by atoms with Crippen LogP contribution in [0.3, 0.4) is 0 Å². The van der Waals surface area contributed by atoms with Crippen LogP contribution in [-0.4, -0.2) is 45.1 Å². The summed E-state index contributed by atoms with van der Waals surface area (Å²) in [5.74, 6) is -0.301. The Balaban J connectivity index is 1.38. The number of carbonyl (C=O) groups excluding carboxylic acids is 1. The van der Waals surface area contributed by atoms with Crippen molar-refractivity contribution >= 4 is 27.9 Å². The molecule has 0 N–H and O–H groups in total. The van der Waals surface area contributed by atoms with Crippen LogP contribution in [-0.2, 0) is 28.0 Å². The highest BCUT2D eigenvalue weighted by atomic mass is 32.2. The molecule has 0 spiro atoms. The first-order chi connectivity index (χ1) is 17.0. The second kappa shape index (κ2) is 10.0. The molecule has 10 heteroatoms. The molecule has 1 atom stereocenters. The Kier molecular flexibility index (Phi) is 6.67. The van der Waals surface area contributed by atoms with Gasteiger partial charge in [0.15, 0.2) is 0 Å². The molecule has 0 bridgehead atoms. The Labute approximate surface area is 207 Å². The largest absolute Gasteiger partial charge is 0.411 e. The first-order valence-corrected chi connectivity index (χ1v) is 13.3. The van der Waals surface area contributed by atoms with Crippen molar-refractivity contribution in [2.45, 2.75) is 24.2 Å². The van der Waals surface area contributed by atoms with E-state index in [0.717, 1.165) is 32.8 Å². The van der Waals surface area contributed by atoms with Crippen LogP contribution in [0.2, 0.25) is 0 Å². The van der Waals surface area contributed by atoms with Gasteiger partial charge in [-0.3, -0.25) is 4.79 Å². The van der Waals surface area contributed by atoms with Gasteiger partial charge in [-0.2, -0.15) is 12.7 Å². The van der Waals surface area contributed by atoms with Crippen LogP contribution in [0.5, 0.6) is 0 Å². The quantitative estimate of drug-likeness (QED) is 0.334. The molecule has 0 aliphatic carbocycles. The first kappa shape index (κ1) is 23.3. The van der Waals surface area contributed by atoms with Crippen LogP contribution in [0, 0.1) is 0 Å². The van der Waals surface area contributed by atoms with E-state index in [1.54, 1.807) is 0 Å². The summed E-state index contributed by atoms with van der Waals surface area (Å²) < 4.78 is 34.9. The van der Waals surface area contributed by atoms with Crippen LogP contribution in [0.1, 0.15) is 11.1 Å². The predicted octanol–water partition coefficient (Wildman–Crippen LogP) is 3.99. The van der Waals surface area contributed by atoms with Gasteiger partial charge in [0.25, 0.3) is 11.1 Å². The number of hydrogen-bond donors (Lipinski definition) is 0. The van der Waals surface area contributed by atoms with Gasteiger partial charge in [0.05, 0.1) is 5.88 Å². The van der Waals surface area contributed by atoms with Crippen LogP contribution in [0.15, 0.2) is 101 Å². The first-order valence-electron chi connectivity index (χ1n) is 11.0. The summed E-state index contributed by atoms with van der Waals surface area (Å²) in [6.07, 6.45) is 0.283. The van der Waals surface area contributed by atoms with E-state index in [-0.39, 0.29) is 24.1 Å². The van der Waals surface area contributed by atoms with Gasteiger partial charge in [-0.25, -0.2) is 4.31 Å². The lowest BCUT2D eigenvalue weighted by atomic mass is 10.0. The van der Waals surface area contributed by atoms with Gasteiger partial charge < -0.3 is 4.42 Å². The highest BCUT2D eigenvalue weighted by molar-refractivity contribution is 7.99. The summed E-state index contributed by atoms with van der Waals surface area (Å²) in [5, 5.41) is 8.22. The maximum absolute atomic E-state index is 13.5. The molecule has 1 fully saturated rings. The van der Waals surface area contributed by atoms with Crippen molar-refractivity contribution < 1.29 is 17.6 Å². The lowest BCUT2D eigenvalue weighted by Gasteiger charge is -2.20. The third kappa shape index (κ3) is 5.00. The minimum atomic E-state index is -4.05. The van der Waals surface area contributed by atoms with Crippen LogP contribution < -0.4 is 0 Å². The summed E-state index contributed by atoms with van der Waals surface area (Å²) in [4.78, 5) is 13.4. The molecule has 1 amide bonds. The SMILES string of the molecule is O=C1C(Cc2ccccc2)N(Cc2ccccc2)S(=O)(=O)N1CSc1nnc(-c2ccccc2)o1. The molecule has 5 rings (SSSR count). The number of rotatable bonds is 8. The molecule has 1 aliphatic heterocycles. The number of benzene rings is 3. The topological polar surface area (TPSA) is 96.6 Å². The number of amides is 1. The van der Waals surface area contributed by atoms with E-state index in [9.17, 15) is 13.2 Å². The molecule has 1 aliphatic rings. The molecule has 1 unspecified atom stereocenters. The van der Waals surface area contributed by atoms with Crippen molar-refractivity contribution in [2.24, 2.45) is 0 Å². The van der Waals surface area contributed by atoms with E-state index in [1.165, 1.54) is 4.31 Å². The second-order valence-electron chi connectivity index (χ2n) is 7.94. The normalized spacial score (nSPS) is 17.7. The molecule has 0 saturated carbocycles. The number of aromatic nitrogens is 2. The molecule has 1 aromatic heterocycles. The van der Waals surface area contributed by atoms with Crippen molar-refractivity contribution in [1.29, 1.82) is 0 Å². The average Bonchev–Trinajstić information content (AvgIpc) is 3.42. The summed E-state index contributed by atoms with van der Waals surface area (Å²) in [5.41, 5.74) is 2.45.